The van der Waals surface area contributed by atoms with Crippen LogP contribution in [-0.4, -0.2) is 67.5 Å². The number of nitrogens with zero attached hydrogens (tertiary/aromatic N) is 2. The van der Waals surface area contributed by atoms with Gasteiger partial charge in [0.25, 0.3) is 0 Å². The fourth-order valence-corrected chi connectivity index (χ4v) is 4.54. The van der Waals surface area contributed by atoms with Gasteiger partial charge in [-0.25, -0.2) is 4.79 Å². The van der Waals surface area contributed by atoms with E-state index in [1.807, 2.05) is 30.3 Å². The highest BCUT2D eigenvalue weighted by atomic mass is 28.4. The molecule has 1 aromatic carbocycles. The van der Waals surface area contributed by atoms with Crippen molar-refractivity contribution in [3.8, 4) is 0 Å². The highest BCUT2D eigenvalue weighted by molar-refractivity contribution is 6.74. The van der Waals surface area contributed by atoms with Crippen LogP contribution in [0.4, 0.5) is 4.79 Å². The first-order valence-corrected chi connectivity index (χ1v) is 15.8. The van der Waals surface area contributed by atoms with Crippen molar-refractivity contribution in [1.82, 2.24) is 9.80 Å². The second-order valence-corrected chi connectivity index (χ2v) is 16.7. The lowest BCUT2D eigenvalue weighted by molar-refractivity contribution is -0.150. The third kappa shape index (κ3) is 9.00. The van der Waals surface area contributed by atoms with Crippen molar-refractivity contribution in [3.05, 3.63) is 47.7 Å². The Kier molecular flexibility index (Phi) is 10.1. The Morgan fingerprint density at radius 3 is 2.22 bits per heavy atom. The Bertz CT molecular complexity index is 979. The van der Waals surface area contributed by atoms with Crippen LogP contribution in [0.3, 0.4) is 0 Å². The molecule has 206 valence electrons. The molecule has 0 N–H and O–H groups in total. The normalized spacial score (nSPS) is 16.3. The molecular formula is C28H44N2O6Si. The van der Waals surface area contributed by atoms with Crippen LogP contribution in [0.15, 0.2) is 42.1 Å². The zero-order valence-corrected chi connectivity index (χ0v) is 24.9. The van der Waals surface area contributed by atoms with Gasteiger partial charge in [0.2, 0.25) is 5.91 Å². The molecule has 0 spiro atoms. The fraction of sp³-hybridized carbons (Fsp3) is 0.607. The molecule has 1 aliphatic heterocycles. The van der Waals surface area contributed by atoms with Gasteiger partial charge in [0.15, 0.2) is 8.32 Å². The summed E-state index contributed by atoms with van der Waals surface area (Å²) in [6, 6.07) is 8.59. The van der Waals surface area contributed by atoms with Crippen LogP contribution >= 0.6 is 0 Å². The van der Waals surface area contributed by atoms with Crippen LogP contribution in [-0.2, 0) is 30.0 Å². The lowest BCUT2D eigenvalue weighted by atomic mass is 10.1. The molecule has 0 aromatic heterocycles. The zero-order chi connectivity index (χ0) is 28.0. The predicted octanol–water partition coefficient (Wildman–Crippen LogP) is 5.49. The number of hydrogen-bond donors (Lipinski definition) is 0. The Morgan fingerprint density at radius 2 is 1.68 bits per heavy atom. The standard InChI is InChI=1S/C28H44N2O6Si/c1-10-34-24(31)19-29(17-21-14-12-11-13-15-21)25(32)23-16-22(20-35-37(8,9)28(5,6)7)18-30(23)26(33)36-27(2,3)4/h11-15,18,23H,10,16-17,19-20H2,1-9H3. The van der Waals surface area contributed by atoms with Crippen LogP contribution < -0.4 is 0 Å². The van der Waals surface area contributed by atoms with Gasteiger partial charge in [-0.1, -0.05) is 51.1 Å². The van der Waals surface area contributed by atoms with E-state index in [-0.39, 0.29) is 30.6 Å². The molecule has 0 bridgehead atoms. The van der Waals surface area contributed by atoms with E-state index in [2.05, 4.69) is 33.9 Å². The van der Waals surface area contributed by atoms with Crippen molar-refractivity contribution in [1.29, 1.82) is 0 Å². The van der Waals surface area contributed by atoms with Crippen LogP contribution in [0.2, 0.25) is 18.1 Å². The molecule has 0 fully saturated rings. The van der Waals surface area contributed by atoms with Gasteiger partial charge in [-0.2, -0.15) is 0 Å². The Labute approximate surface area is 223 Å². The summed E-state index contributed by atoms with van der Waals surface area (Å²) in [6.07, 6.45) is 1.37. The van der Waals surface area contributed by atoms with Crippen molar-refractivity contribution >= 4 is 26.3 Å². The average molecular weight is 533 g/mol. The third-order valence-corrected chi connectivity index (χ3v) is 11.1. The molecule has 0 aliphatic carbocycles. The van der Waals surface area contributed by atoms with Gasteiger partial charge < -0.3 is 18.8 Å². The van der Waals surface area contributed by atoms with Gasteiger partial charge >= 0.3 is 12.1 Å². The molecule has 2 amide bonds. The molecule has 1 aromatic rings. The molecule has 8 nitrogen and oxygen atoms in total. The molecule has 9 heteroatoms. The van der Waals surface area contributed by atoms with Crippen LogP contribution in [0.5, 0.6) is 0 Å². The van der Waals surface area contributed by atoms with E-state index < -0.39 is 32.0 Å². The fourth-order valence-electron chi connectivity index (χ4n) is 3.56. The lowest BCUT2D eigenvalue weighted by Crippen LogP contribution is -2.49. The summed E-state index contributed by atoms with van der Waals surface area (Å²) in [5.41, 5.74) is 0.981. The van der Waals surface area contributed by atoms with E-state index in [0.717, 1.165) is 11.1 Å². The van der Waals surface area contributed by atoms with Crippen molar-refractivity contribution in [3.63, 3.8) is 0 Å². The number of carbonyl (C=O) groups is 3. The molecule has 1 atom stereocenters. The van der Waals surface area contributed by atoms with Crippen LogP contribution in [0.25, 0.3) is 0 Å². The largest absolute Gasteiger partial charge is 0.465 e. The SMILES string of the molecule is CCOC(=O)CN(Cc1ccccc1)C(=O)C1CC(CO[Si](C)(C)C(C)(C)C)=CN1C(=O)OC(C)(C)C. The summed E-state index contributed by atoms with van der Waals surface area (Å²) in [5.74, 6) is -0.843. The first-order chi connectivity index (χ1) is 17.0. The quantitative estimate of drug-likeness (QED) is 0.309. The summed E-state index contributed by atoms with van der Waals surface area (Å²) >= 11 is 0. The topological polar surface area (TPSA) is 85.4 Å². The van der Waals surface area contributed by atoms with Crippen molar-refractivity contribution in [2.75, 3.05) is 19.8 Å². The summed E-state index contributed by atoms with van der Waals surface area (Å²) in [6.45, 7) is 18.4. The number of benzene rings is 1. The molecule has 1 heterocycles. The number of esters is 1. The Balaban J connectivity index is 2.33. The number of rotatable bonds is 9. The first-order valence-electron chi connectivity index (χ1n) is 12.9. The van der Waals surface area contributed by atoms with Crippen LogP contribution in [0, 0.1) is 0 Å². The molecule has 0 saturated carbocycles. The maximum absolute atomic E-state index is 13.9. The molecule has 1 aliphatic rings. The predicted molar refractivity (Wildman–Crippen MR) is 146 cm³/mol. The maximum Gasteiger partial charge on any atom is 0.415 e. The van der Waals surface area contributed by atoms with E-state index in [0.29, 0.717) is 13.0 Å². The monoisotopic (exact) mass is 532 g/mol. The van der Waals surface area contributed by atoms with Crippen molar-refractivity contribution in [2.45, 2.75) is 91.2 Å². The minimum atomic E-state index is -2.04. The first kappa shape index (κ1) is 30.6. The number of amides is 2. The van der Waals surface area contributed by atoms with Gasteiger partial charge in [-0.3, -0.25) is 14.5 Å². The minimum Gasteiger partial charge on any atom is -0.465 e. The minimum absolute atomic E-state index is 0.0262. The molecular weight excluding hydrogens is 488 g/mol. The second-order valence-electron chi connectivity index (χ2n) is 11.9. The van der Waals surface area contributed by atoms with Crippen molar-refractivity contribution in [2.24, 2.45) is 0 Å². The van der Waals surface area contributed by atoms with Crippen molar-refractivity contribution < 1.29 is 28.3 Å². The number of ether oxygens (including phenoxy) is 2. The van der Waals surface area contributed by atoms with Gasteiger partial charge in [0.05, 0.1) is 13.2 Å². The summed E-state index contributed by atoms with van der Waals surface area (Å²) in [5, 5.41) is 0.0262. The summed E-state index contributed by atoms with van der Waals surface area (Å²) < 4.78 is 17.1. The molecule has 0 saturated heterocycles. The summed E-state index contributed by atoms with van der Waals surface area (Å²) in [7, 11) is -2.04. The highest BCUT2D eigenvalue weighted by Crippen LogP contribution is 2.37. The smallest absolute Gasteiger partial charge is 0.415 e. The van der Waals surface area contributed by atoms with Gasteiger partial charge in [0.1, 0.15) is 18.2 Å². The van der Waals surface area contributed by atoms with E-state index in [1.165, 1.54) is 9.80 Å². The van der Waals surface area contributed by atoms with E-state index in [1.54, 1.807) is 33.9 Å². The zero-order valence-electron chi connectivity index (χ0n) is 23.9. The van der Waals surface area contributed by atoms with E-state index in [4.69, 9.17) is 13.9 Å². The van der Waals surface area contributed by atoms with E-state index in [9.17, 15) is 14.4 Å². The molecule has 2 rings (SSSR count). The number of hydrogen-bond acceptors (Lipinski definition) is 6. The molecule has 37 heavy (non-hydrogen) atoms. The Hall–Kier alpha value is -2.65. The van der Waals surface area contributed by atoms with Gasteiger partial charge in [0, 0.05) is 19.2 Å². The molecule has 1 unspecified atom stereocenters. The van der Waals surface area contributed by atoms with Gasteiger partial charge in [-0.15, -0.1) is 0 Å². The Morgan fingerprint density at radius 1 is 1.05 bits per heavy atom. The third-order valence-electron chi connectivity index (χ3n) is 6.58. The second kappa shape index (κ2) is 12.3. The summed E-state index contributed by atoms with van der Waals surface area (Å²) in [4.78, 5) is 42.2. The highest BCUT2D eigenvalue weighted by Gasteiger charge is 2.41. The lowest BCUT2D eigenvalue weighted by Gasteiger charge is -2.36. The average Bonchev–Trinajstić information content (AvgIpc) is 3.20. The maximum atomic E-state index is 13.9. The van der Waals surface area contributed by atoms with Gasteiger partial charge in [-0.05, 0) is 57.0 Å². The number of carbonyl (C=O) groups excluding carboxylic acids is 3. The van der Waals surface area contributed by atoms with E-state index >= 15 is 0 Å². The molecule has 0 radical (unpaired) electrons. The van der Waals surface area contributed by atoms with Crippen LogP contribution in [0.1, 0.15) is 60.5 Å².